The zero-order valence-electron chi connectivity index (χ0n) is 9.56. The van der Waals surface area contributed by atoms with Crippen molar-refractivity contribution in [3.05, 3.63) is 23.8 Å². The van der Waals surface area contributed by atoms with E-state index in [1.807, 2.05) is 17.8 Å². The minimum Gasteiger partial charge on any atom is -0.478 e. The maximum absolute atomic E-state index is 11.0. The maximum atomic E-state index is 11.0. The highest BCUT2D eigenvalue weighted by molar-refractivity contribution is 7.99. The minimum absolute atomic E-state index is 0.194. The van der Waals surface area contributed by atoms with Crippen molar-refractivity contribution in [1.29, 1.82) is 0 Å². The number of para-hydroxylation sites is 1. The van der Waals surface area contributed by atoms with Crippen molar-refractivity contribution in [1.82, 2.24) is 0 Å². The molecule has 2 rings (SSSR count). The van der Waals surface area contributed by atoms with Crippen molar-refractivity contribution in [2.75, 3.05) is 35.2 Å². The predicted octanol–water partition coefficient (Wildman–Crippen LogP) is 1.91. The second-order valence-electron chi connectivity index (χ2n) is 4.00. The van der Waals surface area contributed by atoms with Gasteiger partial charge in [-0.2, -0.15) is 11.8 Å². The fraction of sp³-hybridized carbons (Fsp3) is 0.417. The van der Waals surface area contributed by atoms with Gasteiger partial charge in [-0.1, -0.05) is 6.07 Å². The molecule has 1 heterocycles. The Morgan fingerprint density at radius 2 is 2.18 bits per heavy atom. The van der Waals surface area contributed by atoms with Crippen molar-refractivity contribution >= 4 is 29.1 Å². The summed E-state index contributed by atoms with van der Waals surface area (Å²) in [6, 6.07) is 5.21. The van der Waals surface area contributed by atoms with Crippen LogP contribution < -0.4 is 10.6 Å². The van der Waals surface area contributed by atoms with Gasteiger partial charge in [-0.25, -0.2) is 4.79 Å². The van der Waals surface area contributed by atoms with Gasteiger partial charge in [0.2, 0.25) is 0 Å². The van der Waals surface area contributed by atoms with Crippen LogP contribution in [0.2, 0.25) is 0 Å². The van der Waals surface area contributed by atoms with E-state index in [0.29, 0.717) is 5.69 Å². The Bertz CT molecular complexity index is 415. The van der Waals surface area contributed by atoms with E-state index in [2.05, 4.69) is 4.90 Å². The number of nitrogen functional groups attached to an aromatic ring is 1. The number of nitrogens with two attached hydrogens (primary N) is 1. The SMILES string of the molecule is Nc1c(C(=O)O)cccc1N1CCCSCC1. The standard InChI is InChI=1S/C12H16N2O2S/c13-11-9(12(15)16)3-1-4-10(11)14-5-2-7-17-8-6-14/h1,3-4H,2,5-8,13H2,(H,15,16). The summed E-state index contributed by atoms with van der Waals surface area (Å²) in [5, 5.41) is 9.04. The lowest BCUT2D eigenvalue weighted by Crippen LogP contribution is -2.26. The molecule has 17 heavy (non-hydrogen) atoms. The van der Waals surface area contributed by atoms with Crippen LogP contribution in [0.4, 0.5) is 11.4 Å². The maximum Gasteiger partial charge on any atom is 0.337 e. The number of carboxylic acids is 1. The van der Waals surface area contributed by atoms with E-state index in [1.165, 1.54) is 0 Å². The van der Waals surface area contributed by atoms with Crippen LogP contribution in [0.25, 0.3) is 0 Å². The number of carboxylic acid groups (broad SMARTS) is 1. The number of anilines is 2. The molecule has 1 aliphatic heterocycles. The third-order valence-electron chi connectivity index (χ3n) is 2.88. The molecular weight excluding hydrogens is 236 g/mol. The lowest BCUT2D eigenvalue weighted by Gasteiger charge is -2.24. The van der Waals surface area contributed by atoms with Crippen LogP contribution in [0.15, 0.2) is 18.2 Å². The number of hydrogen-bond donors (Lipinski definition) is 2. The summed E-state index contributed by atoms with van der Waals surface area (Å²) in [7, 11) is 0. The summed E-state index contributed by atoms with van der Waals surface area (Å²) in [4.78, 5) is 13.2. The van der Waals surface area contributed by atoms with Gasteiger partial charge in [-0.15, -0.1) is 0 Å². The molecular formula is C12H16N2O2S. The number of rotatable bonds is 2. The molecule has 0 radical (unpaired) electrons. The van der Waals surface area contributed by atoms with E-state index < -0.39 is 5.97 Å². The van der Waals surface area contributed by atoms with Gasteiger partial charge < -0.3 is 15.7 Å². The Kier molecular flexibility index (Phi) is 3.78. The van der Waals surface area contributed by atoms with Crippen molar-refractivity contribution in [2.24, 2.45) is 0 Å². The number of hydrogen-bond acceptors (Lipinski definition) is 4. The van der Waals surface area contributed by atoms with Crippen LogP contribution in [0.1, 0.15) is 16.8 Å². The summed E-state index contributed by atoms with van der Waals surface area (Å²) < 4.78 is 0. The number of nitrogens with zero attached hydrogens (tertiary/aromatic N) is 1. The first kappa shape index (κ1) is 12.1. The van der Waals surface area contributed by atoms with Gasteiger partial charge >= 0.3 is 5.97 Å². The van der Waals surface area contributed by atoms with Crippen LogP contribution >= 0.6 is 11.8 Å². The van der Waals surface area contributed by atoms with Crippen LogP contribution in [0.5, 0.6) is 0 Å². The van der Waals surface area contributed by atoms with Crippen molar-refractivity contribution in [2.45, 2.75) is 6.42 Å². The molecule has 1 fully saturated rings. The summed E-state index contributed by atoms with van der Waals surface area (Å²) in [5.74, 6) is 1.26. The van der Waals surface area contributed by atoms with Gasteiger partial charge in [0, 0.05) is 18.8 Å². The van der Waals surface area contributed by atoms with Crippen LogP contribution in [-0.2, 0) is 0 Å². The van der Waals surface area contributed by atoms with Gasteiger partial charge in [0.15, 0.2) is 0 Å². The Labute approximate surface area is 105 Å². The molecule has 1 aromatic rings. The van der Waals surface area contributed by atoms with Crippen molar-refractivity contribution in [3.8, 4) is 0 Å². The lowest BCUT2D eigenvalue weighted by atomic mass is 10.1. The smallest absolute Gasteiger partial charge is 0.337 e. The van der Waals surface area contributed by atoms with Crippen molar-refractivity contribution < 1.29 is 9.90 Å². The number of thioether (sulfide) groups is 1. The zero-order chi connectivity index (χ0) is 12.3. The first-order valence-electron chi connectivity index (χ1n) is 5.64. The molecule has 1 aliphatic rings. The van der Waals surface area contributed by atoms with Gasteiger partial charge in [0.1, 0.15) is 0 Å². The molecule has 0 bridgehead atoms. The molecule has 5 heteroatoms. The van der Waals surface area contributed by atoms with Crippen LogP contribution in [-0.4, -0.2) is 35.7 Å². The fourth-order valence-corrected chi connectivity index (χ4v) is 2.89. The summed E-state index contributed by atoms with van der Waals surface area (Å²) in [6.07, 6.45) is 1.11. The predicted molar refractivity (Wildman–Crippen MR) is 72.0 cm³/mol. The topological polar surface area (TPSA) is 66.6 Å². The number of benzene rings is 1. The largest absolute Gasteiger partial charge is 0.478 e. The van der Waals surface area contributed by atoms with E-state index in [-0.39, 0.29) is 5.56 Å². The average molecular weight is 252 g/mol. The second kappa shape index (κ2) is 5.31. The molecule has 0 amide bonds. The van der Waals surface area contributed by atoms with E-state index in [1.54, 1.807) is 12.1 Å². The number of aromatic carboxylic acids is 1. The molecule has 0 unspecified atom stereocenters. The molecule has 3 N–H and O–H groups in total. The van der Waals surface area contributed by atoms with Gasteiger partial charge in [-0.05, 0) is 24.3 Å². The zero-order valence-corrected chi connectivity index (χ0v) is 10.4. The van der Waals surface area contributed by atoms with Crippen LogP contribution in [0.3, 0.4) is 0 Å². The van der Waals surface area contributed by atoms with Gasteiger partial charge in [0.05, 0.1) is 16.9 Å². The van der Waals surface area contributed by atoms with E-state index >= 15 is 0 Å². The molecule has 0 spiro atoms. The molecule has 0 aromatic heterocycles. The van der Waals surface area contributed by atoms with Gasteiger partial charge in [0.25, 0.3) is 0 Å². The molecule has 0 saturated carbocycles. The molecule has 92 valence electrons. The Balaban J connectivity index is 2.30. The Morgan fingerprint density at radius 3 is 2.94 bits per heavy atom. The normalized spacial score (nSPS) is 16.6. The highest BCUT2D eigenvalue weighted by Crippen LogP contribution is 2.28. The minimum atomic E-state index is -0.964. The fourth-order valence-electron chi connectivity index (χ4n) is 2.00. The first-order valence-corrected chi connectivity index (χ1v) is 6.80. The quantitative estimate of drug-likeness (QED) is 0.787. The monoisotopic (exact) mass is 252 g/mol. The molecule has 0 atom stereocenters. The Hall–Kier alpha value is -1.36. The molecule has 4 nitrogen and oxygen atoms in total. The van der Waals surface area contributed by atoms with Crippen LogP contribution in [0, 0.1) is 0 Å². The second-order valence-corrected chi connectivity index (χ2v) is 5.22. The van der Waals surface area contributed by atoms with E-state index in [4.69, 9.17) is 10.8 Å². The molecule has 1 aromatic carbocycles. The van der Waals surface area contributed by atoms with E-state index in [0.717, 1.165) is 36.7 Å². The highest BCUT2D eigenvalue weighted by atomic mass is 32.2. The Morgan fingerprint density at radius 1 is 1.35 bits per heavy atom. The summed E-state index contributed by atoms with van der Waals surface area (Å²) in [6.45, 7) is 1.87. The molecule has 0 aliphatic carbocycles. The van der Waals surface area contributed by atoms with E-state index in [9.17, 15) is 4.79 Å². The summed E-state index contributed by atoms with van der Waals surface area (Å²) >= 11 is 1.93. The first-order chi connectivity index (χ1) is 8.20. The third kappa shape index (κ3) is 2.66. The van der Waals surface area contributed by atoms with Crippen molar-refractivity contribution in [3.63, 3.8) is 0 Å². The highest BCUT2D eigenvalue weighted by Gasteiger charge is 2.16. The lowest BCUT2D eigenvalue weighted by molar-refractivity contribution is 0.0698. The molecule has 1 saturated heterocycles. The summed E-state index contributed by atoms with van der Waals surface area (Å²) in [5.41, 5.74) is 7.37. The van der Waals surface area contributed by atoms with Gasteiger partial charge in [-0.3, -0.25) is 0 Å². The number of carbonyl (C=O) groups is 1. The third-order valence-corrected chi connectivity index (χ3v) is 3.93. The average Bonchev–Trinajstić information content (AvgIpc) is 2.57.